The first-order chi connectivity index (χ1) is 12.8. The van der Waals surface area contributed by atoms with E-state index in [-0.39, 0.29) is 23.8 Å². The van der Waals surface area contributed by atoms with E-state index < -0.39 is 0 Å². The predicted molar refractivity (Wildman–Crippen MR) is 110 cm³/mol. The van der Waals surface area contributed by atoms with Crippen molar-refractivity contribution in [1.29, 1.82) is 0 Å². The first-order valence-electron chi connectivity index (χ1n) is 8.80. The summed E-state index contributed by atoms with van der Waals surface area (Å²) in [6.45, 7) is 7.12. The molecule has 2 amide bonds. The second-order valence-corrected chi connectivity index (χ2v) is 7.99. The molecule has 0 fully saturated rings. The summed E-state index contributed by atoms with van der Waals surface area (Å²) in [5, 5.41) is 5.32. The van der Waals surface area contributed by atoms with Crippen LogP contribution in [0.1, 0.15) is 36.7 Å². The van der Waals surface area contributed by atoms with Gasteiger partial charge in [0.2, 0.25) is 5.91 Å². The molecule has 0 saturated heterocycles. The van der Waals surface area contributed by atoms with Crippen molar-refractivity contribution in [2.75, 3.05) is 19.7 Å². The van der Waals surface area contributed by atoms with E-state index >= 15 is 0 Å². The van der Waals surface area contributed by atoms with Crippen LogP contribution in [0.4, 0.5) is 0 Å². The summed E-state index contributed by atoms with van der Waals surface area (Å²) in [6.07, 6.45) is 0. The van der Waals surface area contributed by atoms with Crippen LogP contribution in [0.3, 0.4) is 0 Å². The molecule has 0 heterocycles. The van der Waals surface area contributed by atoms with Gasteiger partial charge in [0.25, 0.3) is 5.91 Å². The zero-order valence-electron chi connectivity index (χ0n) is 15.8. The van der Waals surface area contributed by atoms with E-state index in [4.69, 9.17) is 4.74 Å². The molecule has 0 aromatic heterocycles. The van der Waals surface area contributed by atoms with E-state index in [1.807, 2.05) is 30.3 Å². The highest BCUT2D eigenvalue weighted by atomic mass is 79.9. The minimum absolute atomic E-state index is 0.0829. The van der Waals surface area contributed by atoms with Gasteiger partial charge in [-0.3, -0.25) is 9.59 Å². The molecule has 0 aliphatic heterocycles. The largest absolute Gasteiger partial charge is 0.492 e. The fourth-order valence-electron chi connectivity index (χ4n) is 2.37. The van der Waals surface area contributed by atoms with Gasteiger partial charge in [-0.2, -0.15) is 0 Å². The number of hydrogen-bond donors (Lipinski definition) is 2. The Kier molecular flexibility index (Phi) is 7.42. The molecule has 27 heavy (non-hydrogen) atoms. The van der Waals surface area contributed by atoms with Crippen molar-refractivity contribution >= 4 is 27.7 Å². The van der Waals surface area contributed by atoms with Gasteiger partial charge >= 0.3 is 0 Å². The average molecular weight is 433 g/mol. The smallest absolute Gasteiger partial charge is 0.252 e. The molecule has 0 aliphatic carbocycles. The van der Waals surface area contributed by atoms with E-state index in [9.17, 15) is 9.59 Å². The molecule has 0 aliphatic rings. The number of ether oxygens (including phenoxy) is 1. The van der Waals surface area contributed by atoms with Crippen LogP contribution >= 0.6 is 15.9 Å². The molecule has 0 radical (unpaired) electrons. The summed E-state index contributed by atoms with van der Waals surface area (Å²) in [7, 11) is 0. The van der Waals surface area contributed by atoms with E-state index in [1.165, 1.54) is 5.56 Å². The summed E-state index contributed by atoms with van der Waals surface area (Å²) < 4.78 is 6.32. The van der Waals surface area contributed by atoms with Gasteiger partial charge in [0.05, 0.1) is 18.7 Å². The molecule has 2 aromatic rings. The summed E-state index contributed by atoms with van der Waals surface area (Å²) in [5.41, 5.74) is 1.84. The summed E-state index contributed by atoms with van der Waals surface area (Å²) in [5.74, 6) is 0.203. The minimum atomic E-state index is -0.298. The Morgan fingerprint density at radius 2 is 1.67 bits per heavy atom. The highest BCUT2D eigenvalue weighted by molar-refractivity contribution is 9.10. The lowest BCUT2D eigenvalue weighted by molar-refractivity contribution is -0.120. The van der Waals surface area contributed by atoms with Crippen molar-refractivity contribution in [3.05, 3.63) is 64.1 Å². The molecule has 0 spiro atoms. The highest BCUT2D eigenvalue weighted by Crippen LogP contribution is 2.24. The second kappa shape index (κ2) is 9.55. The average Bonchev–Trinajstić information content (AvgIpc) is 2.63. The lowest BCUT2D eigenvalue weighted by Gasteiger charge is -2.19. The Hall–Kier alpha value is -2.34. The third-order valence-corrected chi connectivity index (χ3v) is 4.63. The Morgan fingerprint density at radius 3 is 2.30 bits per heavy atom. The maximum Gasteiger partial charge on any atom is 0.252 e. The van der Waals surface area contributed by atoms with Crippen LogP contribution in [0.2, 0.25) is 0 Å². The van der Waals surface area contributed by atoms with Gasteiger partial charge in [-0.15, -0.1) is 0 Å². The Bertz CT molecular complexity index is 783. The molecule has 0 atom stereocenters. The number of carbonyl (C=O) groups is 2. The lowest BCUT2D eigenvalue weighted by atomic mass is 9.87. The molecular formula is C21H25BrN2O3. The SMILES string of the molecule is CC(C)(C)c1ccc(OCCNC(=O)CNC(=O)c2ccccc2Br)cc1. The molecule has 0 unspecified atom stereocenters. The maximum absolute atomic E-state index is 12.0. The van der Waals surface area contributed by atoms with Crippen LogP contribution in [0.25, 0.3) is 0 Å². The van der Waals surface area contributed by atoms with Crippen molar-refractivity contribution in [3.8, 4) is 5.75 Å². The van der Waals surface area contributed by atoms with Crippen molar-refractivity contribution in [3.63, 3.8) is 0 Å². The maximum atomic E-state index is 12.0. The molecule has 6 heteroatoms. The minimum Gasteiger partial charge on any atom is -0.492 e. The van der Waals surface area contributed by atoms with Crippen molar-refractivity contribution in [1.82, 2.24) is 10.6 Å². The molecule has 5 nitrogen and oxygen atoms in total. The van der Waals surface area contributed by atoms with Crippen LogP contribution in [0, 0.1) is 0 Å². The predicted octanol–water partition coefficient (Wildman–Crippen LogP) is 3.67. The number of halogens is 1. The monoisotopic (exact) mass is 432 g/mol. The molecule has 2 aromatic carbocycles. The second-order valence-electron chi connectivity index (χ2n) is 7.14. The van der Waals surface area contributed by atoms with Gasteiger partial charge in [-0.25, -0.2) is 0 Å². The van der Waals surface area contributed by atoms with Gasteiger partial charge in [0, 0.05) is 4.47 Å². The number of benzene rings is 2. The molecule has 2 rings (SSSR count). The zero-order chi connectivity index (χ0) is 19.9. The topological polar surface area (TPSA) is 67.4 Å². The first kappa shape index (κ1) is 21.0. The molecular weight excluding hydrogens is 408 g/mol. The number of nitrogens with one attached hydrogen (secondary N) is 2. The van der Waals surface area contributed by atoms with E-state index in [0.717, 1.165) is 5.75 Å². The Balaban J connectivity index is 1.67. The van der Waals surface area contributed by atoms with Crippen LogP contribution < -0.4 is 15.4 Å². The standard InChI is InChI=1S/C21H25BrN2O3/c1-21(2,3)15-8-10-16(11-9-15)27-13-12-23-19(25)14-24-20(26)17-6-4-5-7-18(17)22/h4-11H,12-14H2,1-3H3,(H,23,25)(H,24,26). The summed E-state index contributed by atoms with van der Waals surface area (Å²) in [6, 6.07) is 15.0. The van der Waals surface area contributed by atoms with Crippen LogP contribution in [0.5, 0.6) is 5.75 Å². The van der Waals surface area contributed by atoms with Crippen LogP contribution in [-0.2, 0) is 10.2 Å². The van der Waals surface area contributed by atoms with Crippen molar-refractivity contribution < 1.29 is 14.3 Å². The fraction of sp³-hybridized carbons (Fsp3) is 0.333. The lowest BCUT2D eigenvalue weighted by Crippen LogP contribution is -2.38. The first-order valence-corrected chi connectivity index (χ1v) is 9.59. The van der Waals surface area contributed by atoms with Gasteiger partial charge in [0.1, 0.15) is 12.4 Å². The molecule has 0 saturated carbocycles. The number of rotatable bonds is 7. The quantitative estimate of drug-likeness (QED) is 0.655. The van der Waals surface area contributed by atoms with E-state index in [1.54, 1.807) is 18.2 Å². The normalized spacial score (nSPS) is 11.0. The molecule has 2 N–H and O–H groups in total. The van der Waals surface area contributed by atoms with Gasteiger partial charge in [-0.05, 0) is 51.2 Å². The number of hydrogen-bond acceptors (Lipinski definition) is 3. The van der Waals surface area contributed by atoms with Crippen molar-refractivity contribution in [2.24, 2.45) is 0 Å². The van der Waals surface area contributed by atoms with Gasteiger partial charge in [0.15, 0.2) is 0 Å². The number of amides is 2. The highest BCUT2D eigenvalue weighted by Gasteiger charge is 2.13. The van der Waals surface area contributed by atoms with Gasteiger partial charge < -0.3 is 15.4 Å². The zero-order valence-corrected chi connectivity index (χ0v) is 17.4. The fourth-order valence-corrected chi connectivity index (χ4v) is 2.84. The van der Waals surface area contributed by atoms with Crippen LogP contribution in [0.15, 0.2) is 53.0 Å². The van der Waals surface area contributed by atoms with Crippen LogP contribution in [-0.4, -0.2) is 31.5 Å². The van der Waals surface area contributed by atoms with Crippen molar-refractivity contribution in [2.45, 2.75) is 26.2 Å². The Morgan fingerprint density at radius 1 is 1.00 bits per heavy atom. The third-order valence-electron chi connectivity index (χ3n) is 3.94. The third kappa shape index (κ3) is 6.71. The molecule has 144 valence electrons. The summed E-state index contributed by atoms with van der Waals surface area (Å²) >= 11 is 3.31. The number of carbonyl (C=O) groups excluding carboxylic acids is 2. The summed E-state index contributed by atoms with van der Waals surface area (Å²) in [4.78, 5) is 23.9. The van der Waals surface area contributed by atoms with E-state index in [2.05, 4.69) is 47.3 Å². The molecule has 0 bridgehead atoms. The van der Waals surface area contributed by atoms with Gasteiger partial charge in [-0.1, -0.05) is 45.0 Å². The van der Waals surface area contributed by atoms with E-state index in [0.29, 0.717) is 23.2 Å². The Labute approximate surface area is 168 Å².